The minimum atomic E-state index is -0.404. The third kappa shape index (κ3) is 1.64. The third-order valence-corrected chi connectivity index (χ3v) is 3.10. The number of nitrogens with one attached hydrogen (secondary N) is 2. The van der Waals surface area contributed by atoms with Gasteiger partial charge in [0.15, 0.2) is 0 Å². The van der Waals surface area contributed by atoms with Crippen LogP contribution in [-0.4, -0.2) is 37.2 Å². The van der Waals surface area contributed by atoms with Crippen LogP contribution < -0.4 is 10.6 Å². The molecule has 0 radical (unpaired) electrons. The summed E-state index contributed by atoms with van der Waals surface area (Å²) in [4.78, 5) is 11.8. The first-order valence-electron chi connectivity index (χ1n) is 5.42. The molecule has 2 N–H and O–H groups in total. The van der Waals surface area contributed by atoms with E-state index in [0.29, 0.717) is 12.6 Å². The number of unbranched alkanes of at least 4 members (excludes halogenated alkanes) is 1. The van der Waals surface area contributed by atoms with Crippen molar-refractivity contribution in [2.24, 2.45) is 0 Å². The highest BCUT2D eigenvalue weighted by atomic mass is 16.5. The Morgan fingerprint density at radius 1 is 1.64 bits per heavy atom. The van der Waals surface area contributed by atoms with Crippen LogP contribution in [0.4, 0.5) is 0 Å². The number of piperazine rings is 1. The lowest BCUT2D eigenvalue weighted by Gasteiger charge is -2.25. The average Bonchev–Trinajstić information content (AvgIpc) is 2.78. The van der Waals surface area contributed by atoms with Crippen LogP contribution in [0.3, 0.4) is 0 Å². The van der Waals surface area contributed by atoms with Crippen molar-refractivity contribution in [1.29, 1.82) is 0 Å². The lowest BCUT2D eigenvalue weighted by Crippen LogP contribution is -2.55. The number of esters is 1. The summed E-state index contributed by atoms with van der Waals surface area (Å²) in [5, 5.41) is 6.56. The molecule has 2 rings (SSSR count). The molecule has 0 saturated carbocycles. The third-order valence-electron chi connectivity index (χ3n) is 3.10. The minimum Gasteiger partial charge on any atom is -0.464 e. The number of ether oxygens (including phenoxy) is 1. The summed E-state index contributed by atoms with van der Waals surface area (Å²) >= 11 is 0. The van der Waals surface area contributed by atoms with Crippen molar-refractivity contribution in [2.45, 2.75) is 37.8 Å². The molecule has 2 fully saturated rings. The number of carbonyl (C=O) groups excluding carboxylic acids is 1. The first kappa shape index (κ1) is 9.93. The fourth-order valence-corrected chi connectivity index (χ4v) is 2.16. The van der Waals surface area contributed by atoms with E-state index in [4.69, 9.17) is 4.74 Å². The Kier molecular flexibility index (Phi) is 2.74. The monoisotopic (exact) mass is 198 g/mol. The molecule has 0 aromatic heterocycles. The van der Waals surface area contributed by atoms with Gasteiger partial charge in [0.05, 0.1) is 6.61 Å². The maximum absolute atomic E-state index is 11.8. The molecule has 0 spiro atoms. The molecule has 0 aliphatic carbocycles. The molecule has 2 atom stereocenters. The molecule has 80 valence electrons. The maximum atomic E-state index is 11.8. The summed E-state index contributed by atoms with van der Waals surface area (Å²) in [6, 6.07) is 0.466. The van der Waals surface area contributed by atoms with E-state index in [9.17, 15) is 4.79 Å². The Hall–Kier alpha value is -0.610. The van der Waals surface area contributed by atoms with E-state index in [1.807, 2.05) is 0 Å². The molecular weight excluding hydrogens is 180 g/mol. The first-order chi connectivity index (χ1) is 6.77. The van der Waals surface area contributed by atoms with Crippen LogP contribution >= 0.6 is 0 Å². The van der Waals surface area contributed by atoms with Crippen molar-refractivity contribution in [3.8, 4) is 0 Å². The minimum absolute atomic E-state index is 0.0709. The van der Waals surface area contributed by atoms with Gasteiger partial charge in [-0.1, -0.05) is 13.3 Å². The van der Waals surface area contributed by atoms with Crippen molar-refractivity contribution in [2.75, 3.05) is 19.7 Å². The van der Waals surface area contributed by atoms with Gasteiger partial charge in [0, 0.05) is 19.1 Å². The second-order valence-electron chi connectivity index (χ2n) is 4.23. The lowest BCUT2D eigenvalue weighted by atomic mass is 10.0. The zero-order chi connectivity index (χ0) is 10.0. The zero-order valence-electron chi connectivity index (χ0n) is 8.64. The molecule has 14 heavy (non-hydrogen) atoms. The van der Waals surface area contributed by atoms with Gasteiger partial charge in [-0.25, -0.2) is 4.79 Å². The molecule has 2 saturated heterocycles. The summed E-state index contributed by atoms with van der Waals surface area (Å²) in [5.41, 5.74) is -0.404. The van der Waals surface area contributed by atoms with Gasteiger partial charge in [-0.05, 0) is 12.8 Å². The van der Waals surface area contributed by atoms with Crippen LogP contribution in [0.25, 0.3) is 0 Å². The normalized spacial score (nSPS) is 34.8. The van der Waals surface area contributed by atoms with E-state index in [1.54, 1.807) is 0 Å². The Bertz CT molecular complexity index is 222. The topological polar surface area (TPSA) is 50.4 Å². The summed E-state index contributed by atoms with van der Waals surface area (Å²) < 4.78 is 5.25. The highest BCUT2D eigenvalue weighted by Gasteiger charge is 2.51. The average molecular weight is 198 g/mol. The van der Waals surface area contributed by atoms with Gasteiger partial charge in [-0.15, -0.1) is 0 Å². The van der Waals surface area contributed by atoms with Crippen molar-refractivity contribution >= 4 is 5.97 Å². The van der Waals surface area contributed by atoms with E-state index in [0.717, 1.165) is 32.4 Å². The molecule has 0 unspecified atom stereocenters. The quantitative estimate of drug-likeness (QED) is 0.494. The van der Waals surface area contributed by atoms with E-state index in [1.165, 1.54) is 0 Å². The van der Waals surface area contributed by atoms with Gasteiger partial charge >= 0.3 is 5.97 Å². The van der Waals surface area contributed by atoms with Gasteiger partial charge in [-0.2, -0.15) is 0 Å². The van der Waals surface area contributed by atoms with Crippen molar-refractivity contribution in [1.82, 2.24) is 10.6 Å². The number of hydrogen-bond donors (Lipinski definition) is 2. The second kappa shape index (κ2) is 3.87. The summed E-state index contributed by atoms with van der Waals surface area (Å²) in [7, 11) is 0. The standard InChI is InChI=1S/C10H18N2O2/c1-2-3-4-14-9(13)10-5-8(6-12-10)11-7-10/h8,11-12H,2-7H2,1H3/t8-,10-/m0/s1. The first-order valence-corrected chi connectivity index (χ1v) is 5.42. The molecule has 0 aromatic carbocycles. The predicted molar refractivity (Wildman–Crippen MR) is 53.0 cm³/mol. The van der Waals surface area contributed by atoms with E-state index < -0.39 is 5.54 Å². The van der Waals surface area contributed by atoms with Crippen molar-refractivity contribution < 1.29 is 9.53 Å². The number of fused-ring (bicyclic) bond motifs is 2. The van der Waals surface area contributed by atoms with Crippen molar-refractivity contribution in [3.63, 3.8) is 0 Å². The Morgan fingerprint density at radius 2 is 2.50 bits per heavy atom. The van der Waals surface area contributed by atoms with E-state index >= 15 is 0 Å². The summed E-state index contributed by atoms with van der Waals surface area (Å²) in [6.45, 7) is 4.27. The predicted octanol–water partition coefficient (Wildman–Crippen LogP) is 0.0336. The van der Waals surface area contributed by atoms with Crippen LogP contribution in [0.5, 0.6) is 0 Å². The molecule has 2 heterocycles. The van der Waals surface area contributed by atoms with Crippen LogP contribution in [0.15, 0.2) is 0 Å². The summed E-state index contributed by atoms with van der Waals surface area (Å²) in [6.07, 6.45) is 2.91. The van der Waals surface area contributed by atoms with Gasteiger partial charge in [-0.3, -0.25) is 5.32 Å². The molecule has 4 nitrogen and oxygen atoms in total. The SMILES string of the molecule is CCCCOC(=O)[C@]12CN[C@H](CN1)C2. The number of carbonyl (C=O) groups is 1. The zero-order valence-corrected chi connectivity index (χ0v) is 8.64. The molecule has 2 aliphatic heterocycles. The largest absolute Gasteiger partial charge is 0.464 e. The number of hydrogen-bond acceptors (Lipinski definition) is 4. The molecule has 0 aromatic rings. The van der Waals surface area contributed by atoms with Gasteiger partial charge in [0.1, 0.15) is 5.54 Å². The van der Waals surface area contributed by atoms with Crippen LogP contribution in [-0.2, 0) is 9.53 Å². The molecule has 0 amide bonds. The number of rotatable bonds is 4. The van der Waals surface area contributed by atoms with Crippen LogP contribution in [0.1, 0.15) is 26.2 Å². The smallest absolute Gasteiger partial charge is 0.327 e. The lowest BCUT2D eigenvalue weighted by molar-refractivity contribution is -0.150. The van der Waals surface area contributed by atoms with Gasteiger partial charge in [0.25, 0.3) is 0 Å². The molecule has 4 heteroatoms. The Balaban J connectivity index is 1.85. The fourth-order valence-electron chi connectivity index (χ4n) is 2.16. The van der Waals surface area contributed by atoms with Gasteiger partial charge in [0.2, 0.25) is 0 Å². The van der Waals surface area contributed by atoms with E-state index in [-0.39, 0.29) is 5.97 Å². The highest BCUT2D eigenvalue weighted by Crippen LogP contribution is 2.26. The fraction of sp³-hybridized carbons (Fsp3) is 0.900. The molecule has 2 aliphatic rings. The Morgan fingerprint density at radius 3 is 3.00 bits per heavy atom. The Labute approximate surface area is 84.4 Å². The van der Waals surface area contributed by atoms with Crippen LogP contribution in [0.2, 0.25) is 0 Å². The van der Waals surface area contributed by atoms with Crippen molar-refractivity contribution in [3.05, 3.63) is 0 Å². The van der Waals surface area contributed by atoms with Crippen LogP contribution in [0, 0.1) is 0 Å². The van der Waals surface area contributed by atoms with Gasteiger partial charge < -0.3 is 10.1 Å². The maximum Gasteiger partial charge on any atom is 0.327 e. The highest BCUT2D eigenvalue weighted by molar-refractivity contribution is 5.82. The molecular formula is C10H18N2O2. The summed E-state index contributed by atoms with van der Waals surface area (Å²) in [5.74, 6) is -0.0709. The second-order valence-corrected chi connectivity index (χ2v) is 4.23. The molecule has 2 bridgehead atoms. The van der Waals surface area contributed by atoms with E-state index in [2.05, 4.69) is 17.6 Å².